The number of hydrogen-bond acceptors (Lipinski definition) is 4. The van der Waals surface area contributed by atoms with Crippen LogP contribution in [-0.2, 0) is 26.6 Å². The Morgan fingerprint density at radius 3 is 2.60 bits per heavy atom. The fraction of sp³-hybridized carbons (Fsp3) is 0.318. The van der Waals surface area contributed by atoms with Crippen molar-refractivity contribution < 1.29 is 4.74 Å². The minimum atomic E-state index is 0.529. The highest BCUT2D eigenvalue weighted by Crippen LogP contribution is 2.22. The van der Waals surface area contributed by atoms with Gasteiger partial charge in [-0.15, -0.1) is 10.2 Å². The maximum atomic E-state index is 6.35. The van der Waals surface area contributed by atoms with Crippen LogP contribution in [0.5, 0.6) is 5.75 Å². The molecule has 2 aromatic carbocycles. The van der Waals surface area contributed by atoms with Gasteiger partial charge in [-0.05, 0) is 36.6 Å². The fourth-order valence-corrected chi connectivity index (χ4v) is 3.13. The number of nitrogens with one attached hydrogen (secondary N) is 2. The molecule has 0 aliphatic heterocycles. The van der Waals surface area contributed by atoms with Crippen LogP contribution in [0, 0.1) is 6.92 Å². The average Bonchev–Trinajstić information content (AvgIpc) is 3.09. The van der Waals surface area contributed by atoms with E-state index in [1.165, 1.54) is 0 Å². The molecule has 1 aromatic heterocycles. The first-order valence-electron chi connectivity index (χ1n) is 9.80. The zero-order valence-corrected chi connectivity index (χ0v) is 18.3. The molecule has 0 amide bonds. The predicted octanol–water partition coefficient (Wildman–Crippen LogP) is 3.26. The molecule has 0 radical (unpaired) electrons. The second-order valence-corrected chi connectivity index (χ2v) is 7.27. The molecule has 7 nitrogen and oxygen atoms in total. The standard InChI is InChI=1S/C22H27ClN6O/c1-16-27-28-21(29(16)2)15-26-22(25-14-17-7-5-4-6-8-17)24-12-11-18-9-10-19(30-3)13-20(18)23/h4-10,13H,11-12,14-15H2,1-3H3,(H2,24,25,26). The van der Waals surface area contributed by atoms with E-state index in [0.29, 0.717) is 30.6 Å². The van der Waals surface area contributed by atoms with E-state index in [2.05, 4.69) is 33.0 Å². The number of guanidine groups is 1. The number of benzene rings is 2. The predicted molar refractivity (Wildman–Crippen MR) is 120 cm³/mol. The van der Waals surface area contributed by atoms with Gasteiger partial charge in [-0.3, -0.25) is 0 Å². The van der Waals surface area contributed by atoms with Gasteiger partial charge in [-0.2, -0.15) is 0 Å². The number of aromatic nitrogens is 3. The molecule has 0 bridgehead atoms. The van der Waals surface area contributed by atoms with Gasteiger partial charge in [0.15, 0.2) is 11.8 Å². The van der Waals surface area contributed by atoms with E-state index in [9.17, 15) is 0 Å². The van der Waals surface area contributed by atoms with Crippen molar-refractivity contribution in [3.8, 4) is 5.75 Å². The summed E-state index contributed by atoms with van der Waals surface area (Å²) >= 11 is 6.35. The van der Waals surface area contributed by atoms with E-state index in [1.54, 1.807) is 7.11 Å². The zero-order valence-electron chi connectivity index (χ0n) is 17.5. The number of nitrogens with zero attached hydrogens (tertiary/aromatic N) is 4. The van der Waals surface area contributed by atoms with Crippen molar-refractivity contribution in [1.82, 2.24) is 25.4 Å². The van der Waals surface area contributed by atoms with E-state index < -0.39 is 0 Å². The van der Waals surface area contributed by atoms with E-state index in [4.69, 9.17) is 21.3 Å². The first kappa shape index (κ1) is 21.6. The summed E-state index contributed by atoms with van der Waals surface area (Å²) in [6, 6.07) is 15.9. The Bertz CT molecular complexity index is 987. The van der Waals surface area contributed by atoms with Crippen molar-refractivity contribution in [3.63, 3.8) is 0 Å². The molecule has 2 N–H and O–H groups in total. The van der Waals surface area contributed by atoms with Crippen LogP contribution in [0.15, 0.2) is 53.5 Å². The lowest BCUT2D eigenvalue weighted by molar-refractivity contribution is 0.414. The summed E-state index contributed by atoms with van der Waals surface area (Å²) in [6.07, 6.45) is 0.762. The van der Waals surface area contributed by atoms with Gasteiger partial charge in [0.25, 0.3) is 0 Å². The smallest absolute Gasteiger partial charge is 0.191 e. The molecule has 8 heteroatoms. The summed E-state index contributed by atoms with van der Waals surface area (Å²) in [4.78, 5) is 4.71. The van der Waals surface area contributed by atoms with Crippen LogP contribution >= 0.6 is 11.6 Å². The molecule has 0 spiro atoms. The molecule has 1 heterocycles. The molecular formula is C22H27ClN6O. The largest absolute Gasteiger partial charge is 0.497 e. The highest BCUT2D eigenvalue weighted by atomic mass is 35.5. The van der Waals surface area contributed by atoms with Gasteiger partial charge in [0.2, 0.25) is 0 Å². The number of aryl methyl sites for hydroxylation is 1. The number of halogens is 1. The molecule has 0 saturated carbocycles. The lowest BCUT2D eigenvalue weighted by atomic mass is 10.1. The molecule has 158 valence electrons. The second-order valence-electron chi connectivity index (χ2n) is 6.86. The first-order valence-corrected chi connectivity index (χ1v) is 10.2. The van der Waals surface area contributed by atoms with Crippen LogP contribution in [0.3, 0.4) is 0 Å². The summed E-state index contributed by atoms with van der Waals surface area (Å²) < 4.78 is 7.17. The van der Waals surface area contributed by atoms with Gasteiger partial charge in [-0.1, -0.05) is 48.0 Å². The molecule has 0 unspecified atom stereocenters. The molecule has 0 atom stereocenters. The summed E-state index contributed by atoms with van der Waals surface area (Å²) in [5.41, 5.74) is 2.20. The third-order valence-corrected chi connectivity index (χ3v) is 5.16. The zero-order chi connectivity index (χ0) is 21.3. The van der Waals surface area contributed by atoms with Gasteiger partial charge in [0, 0.05) is 18.6 Å². The first-order chi connectivity index (χ1) is 14.6. The number of methoxy groups -OCH3 is 1. The summed E-state index contributed by atoms with van der Waals surface area (Å²) in [7, 11) is 3.58. The van der Waals surface area contributed by atoms with Gasteiger partial charge in [0.05, 0.1) is 20.2 Å². The Morgan fingerprint density at radius 2 is 1.93 bits per heavy atom. The fourth-order valence-electron chi connectivity index (χ4n) is 2.87. The SMILES string of the molecule is COc1ccc(CCNC(=NCc2ccccc2)NCc2nnc(C)n2C)c(Cl)c1. The van der Waals surface area contributed by atoms with E-state index >= 15 is 0 Å². The van der Waals surface area contributed by atoms with E-state index in [1.807, 2.05) is 54.9 Å². The Labute approximate surface area is 182 Å². The van der Waals surface area contributed by atoms with Gasteiger partial charge < -0.3 is 19.9 Å². The molecule has 0 aliphatic rings. The molecular weight excluding hydrogens is 400 g/mol. The summed E-state index contributed by atoms with van der Waals surface area (Å²) in [5.74, 6) is 3.18. The molecule has 0 saturated heterocycles. The van der Waals surface area contributed by atoms with Crippen LogP contribution in [0.2, 0.25) is 5.02 Å². The van der Waals surface area contributed by atoms with Crippen LogP contribution in [0.25, 0.3) is 0 Å². The Hall–Kier alpha value is -3.06. The van der Waals surface area contributed by atoms with Crippen molar-refractivity contribution >= 4 is 17.6 Å². The normalized spacial score (nSPS) is 11.4. The van der Waals surface area contributed by atoms with Crippen molar-refractivity contribution in [2.24, 2.45) is 12.0 Å². The maximum absolute atomic E-state index is 6.35. The Balaban J connectivity index is 1.63. The second kappa shape index (κ2) is 10.6. The van der Waals surface area contributed by atoms with E-state index in [-0.39, 0.29) is 0 Å². The summed E-state index contributed by atoms with van der Waals surface area (Å²) in [5, 5.41) is 15.7. The van der Waals surface area contributed by atoms with Crippen LogP contribution in [0.1, 0.15) is 22.8 Å². The Morgan fingerprint density at radius 1 is 1.13 bits per heavy atom. The number of aliphatic imine (C=N–C) groups is 1. The number of rotatable bonds is 8. The maximum Gasteiger partial charge on any atom is 0.191 e. The number of hydrogen-bond donors (Lipinski definition) is 2. The Kier molecular flexibility index (Phi) is 7.68. The lowest BCUT2D eigenvalue weighted by Crippen LogP contribution is -2.38. The molecule has 0 aliphatic carbocycles. The molecule has 3 aromatic rings. The minimum absolute atomic E-state index is 0.529. The van der Waals surface area contributed by atoms with Gasteiger partial charge in [0.1, 0.15) is 11.6 Å². The quantitative estimate of drug-likeness (QED) is 0.427. The van der Waals surface area contributed by atoms with E-state index in [0.717, 1.165) is 34.9 Å². The number of ether oxygens (including phenoxy) is 1. The molecule has 3 rings (SSSR count). The molecule has 30 heavy (non-hydrogen) atoms. The minimum Gasteiger partial charge on any atom is -0.497 e. The van der Waals surface area contributed by atoms with Gasteiger partial charge >= 0.3 is 0 Å². The van der Waals surface area contributed by atoms with Crippen LogP contribution in [0.4, 0.5) is 0 Å². The monoisotopic (exact) mass is 426 g/mol. The third-order valence-electron chi connectivity index (χ3n) is 4.81. The van der Waals surface area contributed by atoms with Crippen molar-refractivity contribution in [2.75, 3.05) is 13.7 Å². The van der Waals surface area contributed by atoms with Crippen molar-refractivity contribution in [1.29, 1.82) is 0 Å². The highest BCUT2D eigenvalue weighted by Gasteiger charge is 2.07. The van der Waals surface area contributed by atoms with Gasteiger partial charge in [-0.25, -0.2) is 4.99 Å². The van der Waals surface area contributed by atoms with Crippen molar-refractivity contribution in [3.05, 3.63) is 76.3 Å². The summed E-state index contributed by atoms with van der Waals surface area (Å²) in [6.45, 7) is 3.72. The third kappa shape index (κ3) is 5.97. The van der Waals surface area contributed by atoms with Crippen LogP contribution in [-0.4, -0.2) is 34.4 Å². The lowest BCUT2D eigenvalue weighted by Gasteiger charge is -2.13. The highest BCUT2D eigenvalue weighted by molar-refractivity contribution is 6.31. The van der Waals surface area contributed by atoms with Crippen molar-refractivity contribution in [2.45, 2.75) is 26.4 Å². The average molecular weight is 427 g/mol. The molecule has 0 fully saturated rings. The topological polar surface area (TPSA) is 76.4 Å². The van der Waals surface area contributed by atoms with Crippen LogP contribution < -0.4 is 15.4 Å².